The van der Waals surface area contributed by atoms with Gasteiger partial charge in [-0.05, 0) is 31.0 Å². The van der Waals surface area contributed by atoms with Crippen molar-refractivity contribution in [1.29, 1.82) is 0 Å². The van der Waals surface area contributed by atoms with Crippen LogP contribution >= 0.6 is 11.8 Å². The van der Waals surface area contributed by atoms with Gasteiger partial charge in [-0.1, -0.05) is 25.6 Å². The molecule has 0 fully saturated rings. The fourth-order valence-electron chi connectivity index (χ4n) is 1.84. The van der Waals surface area contributed by atoms with Gasteiger partial charge in [-0.25, -0.2) is 4.79 Å². The van der Waals surface area contributed by atoms with Gasteiger partial charge in [-0.15, -0.1) is 0 Å². The maximum atomic E-state index is 12.7. The number of carbonyl (C=O) groups is 1. The maximum absolute atomic E-state index is 12.7. The summed E-state index contributed by atoms with van der Waals surface area (Å²) in [5, 5.41) is 2.85. The minimum absolute atomic E-state index is 0.216. The Kier molecular flexibility index (Phi) is 4.75. The Morgan fingerprint density at radius 3 is 2.64 bits per heavy atom. The van der Waals surface area contributed by atoms with Crippen LogP contribution in [0, 0.1) is 5.92 Å². The quantitative estimate of drug-likeness (QED) is 0.818. The molecule has 0 aromatic heterocycles. The van der Waals surface area contributed by atoms with Gasteiger partial charge >= 0.3 is 12.1 Å². The number of rotatable bonds is 3. The monoisotopic (exact) mass is 331 g/mol. The van der Waals surface area contributed by atoms with E-state index in [2.05, 4.69) is 5.32 Å². The molecule has 3 nitrogen and oxygen atoms in total. The normalized spacial score (nSPS) is 14.7. The summed E-state index contributed by atoms with van der Waals surface area (Å²) in [6.45, 7) is 5.79. The van der Waals surface area contributed by atoms with Crippen molar-refractivity contribution >= 4 is 23.4 Å². The first-order chi connectivity index (χ1) is 10.2. The lowest BCUT2D eigenvalue weighted by Crippen LogP contribution is -2.17. The van der Waals surface area contributed by atoms with E-state index in [4.69, 9.17) is 4.74 Å². The first-order valence-corrected chi connectivity index (χ1v) is 7.54. The van der Waals surface area contributed by atoms with E-state index in [0.29, 0.717) is 27.8 Å². The molecule has 0 bridgehead atoms. The highest BCUT2D eigenvalue weighted by molar-refractivity contribution is 8.04. The summed E-state index contributed by atoms with van der Waals surface area (Å²) in [6.07, 6.45) is -4.39. The highest BCUT2D eigenvalue weighted by Gasteiger charge is 2.32. The number of thioether (sulfide) groups is 1. The van der Waals surface area contributed by atoms with Gasteiger partial charge in [0, 0.05) is 10.6 Å². The molecule has 0 radical (unpaired) electrons. The second-order valence-electron chi connectivity index (χ2n) is 5.38. The van der Waals surface area contributed by atoms with Gasteiger partial charge in [0.1, 0.15) is 4.91 Å². The third-order valence-corrected chi connectivity index (χ3v) is 4.17. The molecule has 1 heterocycles. The van der Waals surface area contributed by atoms with Crippen molar-refractivity contribution < 1.29 is 22.7 Å². The van der Waals surface area contributed by atoms with E-state index in [-0.39, 0.29) is 5.92 Å². The smallest absolute Gasteiger partial charge is 0.416 e. The van der Waals surface area contributed by atoms with Gasteiger partial charge in [0.05, 0.1) is 17.9 Å². The van der Waals surface area contributed by atoms with Gasteiger partial charge in [0.15, 0.2) is 0 Å². The topological polar surface area (TPSA) is 38.3 Å². The molecule has 2 rings (SSSR count). The van der Waals surface area contributed by atoms with Gasteiger partial charge in [0.2, 0.25) is 0 Å². The van der Waals surface area contributed by atoms with Crippen LogP contribution in [0.15, 0.2) is 33.7 Å². The molecule has 22 heavy (non-hydrogen) atoms. The average molecular weight is 331 g/mol. The zero-order valence-electron chi connectivity index (χ0n) is 12.4. The number of anilines is 1. The van der Waals surface area contributed by atoms with E-state index >= 15 is 0 Å². The standard InChI is InChI=1S/C15H16F3NO2S/c1-8(2)7-21-14(20)13-9(3)19-11-6-10(15(16,17)18)4-5-12(11)22-13/h4-6,8,19H,7H2,1-3H3. The molecule has 1 aromatic rings. The summed E-state index contributed by atoms with van der Waals surface area (Å²) in [5.41, 5.74) is 0.112. The van der Waals surface area contributed by atoms with Crippen molar-refractivity contribution in [3.63, 3.8) is 0 Å². The molecule has 1 aliphatic heterocycles. The number of hydrogen-bond donors (Lipinski definition) is 1. The fourth-order valence-corrected chi connectivity index (χ4v) is 2.76. The van der Waals surface area contributed by atoms with Crippen LogP contribution in [0.25, 0.3) is 0 Å². The third kappa shape index (κ3) is 3.76. The second kappa shape index (κ2) is 6.24. The fraction of sp³-hybridized carbons (Fsp3) is 0.400. The lowest BCUT2D eigenvalue weighted by atomic mass is 10.2. The zero-order chi connectivity index (χ0) is 16.5. The number of fused-ring (bicyclic) bond motifs is 1. The van der Waals surface area contributed by atoms with Crippen molar-refractivity contribution in [1.82, 2.24) is 0 Å². The Bertz CT molecular complexity index is 624. The summed E-state index contributed by atoms with van der Waals surface area (Å²) < 4.78 is 43.3. The number of esters is 1. The molecule has 1 aromatic carbocycles. The minimum Gasteiger partial charge on any atom is -0.461 e. The lowest BCUT2D eigenvalue weighted by Gasteiger charge is -2.22. The van der Waals surface area contributed by atoms with Crippen molar-refractivity contribution in [3.05, 3.63) is 34.4 Å². The van der Waals surface area contributed by atoms with Crippen molar-refractivity contribution in [2.75, 3.05) is 11.9 Å². The summed E-state index contributed by atoms with van der Waals surface area (Å²) in [4.78, 5) is 13.0. The molecule has 1 N–H and O–H groups in total. The number of allylic oxidation sites excluding steroid dienone is 1. The largest absolute Gasteiger partial charge is 0.461 e. The lowest BCUT2D eigenvalue weighted by molar-refractivity contribution is -0.139. The van der Waals surface area contributed by atoms with Crippen LogP contribution in [0.2, 0.25) is 0 Å². The first kappa shape index (κ1) is 16.7. The Hall–Kier alpha value is -1.63. The molecule has 0 unspecified atom stereocenters. The van der Waals surface area contributed by atoms with Crippen LogP contribution in [-0.4, -0.2) is 12.6 Å². The summed E-state index contributed by atoms with van der Waals surface area (Å²) >= 11 is 1.12. The number of carbonyl (C=O) groups excluding carboxylic acids is 1. The summed E-state index contributed by atoms with van der Waals surface area (Å²) in [5.74, 6) is -0.248. The van der Waals surface area contributed by atoms with Crippen LogP contribution in [0.3, 0.4) is 0 Å². The molecular weight excluding hydrogens is 315 g/mol. The van der Waals surface area contributed by atoms with E-state index in [9.17, 15) is 18.0 Å². The third-order valence-electron chi connectivity index (χ3n) is 2.91. The molecule has 0 amide bonds. The first-order valence-electron chi connectivity index (χ1n) is 6.72. The Morgan fingerprint density at radius 2 is 2.05 bits per heavy atom. The van der Waals surface area contributed by atoms with Crippen LogP contribution in [0.1, 0.15) is 26.3 Å². The predicted octanol–water partition coefficient (Wildman–Crippen LogP) is 4.65. The maximum Gasteiger partial charge on any atom is 0.416 e. The van der Waals surface area contributed by atoms with Crippen molar-refractivity contribution in [3.8, 4) is 0 Å². The minimum atomic E-state index is -4.39. The van der Waals surface area contributed by atoms with E-state index in [0.717, 1.165) is 23.9 Å². The van der Waals surface area contributed by atoms with Crippen molar-refractivity contribution in [2.24, 2.45) is 5.92 Å². The molecule has 1 aliphatic rings. The Labute approximate surface area is 130 Å². The number of halogens is 3. The van der Waals surface area contributed by atoms with Gasteiger partial charge in [-0.3, -0.25) is 0 Å². The molecule has 7 heteroatoms. The van der Waals surface area contributed by atoms with Crippen molar-refractivity contribution in [2.45, 2.75) is 31.8 Å². The summed E-state index contributed by atoms with van der Waals surface area (Å²) in [7, 11) is 0. The Balaban J connectivity index is 2.21. The Morgan fingerprint density at radius 1 is 1.36 bits per heavy atom. The molecule has 0 saturated carbocycles. The van der Waals surface area contributed by atoms with Gasteiger partial charge < -0.3 is 10.1 Å². The molecule has 120 valence electrons. The van der Waals surface area contributed by atoms with E-state index in [1.165, 1.54) is 6.07 Å². The predicted molar refractivity (Wildman–Crippen MR) is 79.4 cm³/mol. The molecule has 0 saturated heterocycles. The number of alkyl halides is 3. The van der Waals surface area contributed by atoms with Gasteiger partial charge in [-0.2, -0.15) is 13.2 Å². The second-order valence-corrected chi connectivity index (χ2v) is 6.43. The van der Waals surface area contributed by atoms with Crippen LogP contribution < -0.4 is 5.32 Å². The highest BCUT2D eigenvalue weighted by Crippen LogP contribution is 2.42. The van der Waals surface area contributed by atoms with Crippen LogP contribution in [0.4, 0.5) is 18.9 Å². The summed E-state index contributed by atoms with van der Waals surface area (Å²) in [6, 6.07) is 3.41. The SMILES string of the molecule is CC1=C(C(=O)OCC(C)C)Sc2ccc(C(F)(F)F)cc2N1. The van der Waals surface area contributed by atoms with E-state index in [1.807, 2.05) is 13.8 Å². The van der Waals surface area contributed by atoms with Crippen LogP contribution in [0.5, 0.6) is 0 Å². The number of ether oxygens (including phenoxy) is 1. The highest BCUT2D eigenvalue weighted by atomic mass is 32.2. The molecule has 0 spiro atoms. The van der Waals surface area contributed by atoms with E-state index < -0.39 is 17.7 Å². The van der Waals surface area contributed by atoms with Gasteiger partial charge in [0.25, 0.3) is 0 Å². The molecule has 0 aliphatic carbocycles. The zero-order valence-corrected chi connectivity index (χ0v) is 13.2. The number of nitrogens with one attached hydrogen (secondary N) is 1. The molecular formula is C15H16F3NO2S. The van der Waals surface area contributed by atoms with Crippen LogP contribution in [-0.2, 0) is 15.7 Å². The number of hydrogen-bond acceptors (Lipinski definition) is 4. The van der Waals surface area contributed by atoms with E-state index in [1.54, 1.807) is 6.92 Å². The average Bonchev–Trinajstić information content (AvgIpc) is 2.42. The number of benzene rings is 1. The molecule has 0 atom stereocenters.